The summed E-state index contributed by atoms with van der Waals surface area (Å²) in [6.45, 7) is 3.26. The van der Waals surface area contributed by atoms with Crippen LogP contribution in [0.15, 0.2) is 60.8 Å². The number of esters is 2. The Morgan fingerprint density at radius 3 is 1.72 bits per heavy atom. The highest BCUT2D eigenvalue weighted by Gasteiger charge is 2.44. The number of unbranched alkanes of at least 4 members (excludes halogenated alkanes) is 11. The number of hydrogen-bond acceptors (Lipinski definition) is 10. The van der Waals surface area contributed by atoms with Crippen molar-refractivity contribution in [3.05, 3.63) is 60.8 Å². The number of ether oxygens (including phenoxy) is 4. The summed E-state index contributed by atoms with van der Waals surface area (Å²) in [5.74, 6) is -0.891. The maximum Gasteiger partial charge on any atom is 0.306 e. The van der Waals surface area contributed by atoms with Crippen LogP contribution in [-0.2, 0) is 28.5 Å². The first kappa shape index (κ1) is 48.4. The van der Waals surface area contributed by atoms with Crippen LogP contribution in [0.3, 0.4) is 0 Å². The number of aliphatic hydroxyl groups excluding tert-OH is 4. The maximum atomic E-state index is 12.7. The van der Waals surface area contributed by atoms with E-state index in [1.807, 2.05) is 6.08 Å². The lowest BCUT2D eigenvalue weighted by atomic mass is 9.99. The van der Waals surface area contributed by atoms with Crippen molar-refractivity contribution in [3.63, 3.8) is 0 Å². The van der Waals surface area contributed by atoms with E-state index < -0.39 is 55.4 Å². The molecule has 0 radical (unpaired) electrons. The van der Waals surface area contributed by atoms with Crippen molar-refractivity contribution < 1.29 is 49.0 Å². The molecule has 0 aliphatic carbocycles. The van der Waals surface area contributed by atoms with E-state index in [9.17, 15) is 30.0 Å². The van der Waals surface area contributed by atoms with Gasteiger partial charge in [0.1, 0.15) is 31.0 Å². The summed E-state index contributed by atoms with van der Waals surface area (Å²) in [5.41, 5.74) is 0. The zero-order chi connectivity index (χ0) is 38.8. The minimum Gasteiger partial charge on any atom is -0.462 e. The minimum atomic E-state index is -1.61. The van der Waals surface area contributed by atoms with Gasteiger partial charge in [0, 0.05) is 12.8 Å². The Balaban J connectivity index is 2.42. The summed E-state index contributed by atoms with van der Waals surface area (Å²) in [4.78, 5) is 25.2. The van der Waals surface area contributed by atoms with Crippen LogP contribution in [0.4, 0.5) is 0 Å². The van der Waals surface area contributed by atoms with Crippen molar-refractivity contribution in [2.75, 3.05) is 19.8 Å². The molecule has 1 aliphatic rings. The van der Waals surface area contributed by atoms with Crippen molar-refractivity contribution in [1.82, 2.24) is 0 Å². The van der Waals surface area contributed by atoms with Gasteiger partial charge >= 0.3 is 11.9 Å². The minimum absolute atomic E-state index is 0.195. The first-order valence-electron chi connectivity index (χ1n) is 20.4. The summed E-state index contributed by atoms with van der Waals surface area (Å²) in [7, 11) is 0. The van der Waals surface area contributed by atoms with Crippen molar-refractivity contribution in [3.8, 4) is 0 Å². The van der Waals surface area contributed by atoms with Gasteiger partial charge in [-0.1, -0.05) is 120 Å². The standard InChI is InChI=1S/C43H72O10/c1-3-5-7-9-11-13-15-16-17-18-19-20-22-23-25-27-29-31-38(45)50-34-36(35-51-43-42(49)41(48)40(47)37(33-44)53-43)52-39(46)32-30-28-26-24-21-14-12-10-8-6-4-2/h10-13,16-17,19-20,23,25,36-37,40-44,47-49H,3-9,14-15,18,21-22,24,26-35H2,1-2H3/b12-10+,13-11+,17-16+,20-19+,25-23+/t36-,37-,40+,41?,42?,43-/m0/s1. The van der Waals surface area contributed by atoms with E-state index in [4.69, 9.17) is 18.9 Å². The smallest absolute Gasteiger partial charge is 0.306 e. The van der Waals surface area contributed by atoms with E-state index in [2.05, 4.69) is 68.5 Å². The van der Waals surface area contributed by atoms with Gasteiger partial charge in [0.15, 0.2) is 12.4 Å². The molecule has 10 nitrogen and oxygen atoms in total. The number of aliphatic hydroxyl groups is 4. The second kappa shape index (κ2) is 33.9. The van der Waals surface area contributed by atoms with Crippen molar-refractivity contribution in [2.45, 2.75) is 179 Å². The highest BCUT2D eigenvalue weighted by atomic mass is 16.7. The van der Waals surface area contributed by atoms with E-state index in [1.54, 1.807) is 0 Å². The normalized spacial score (nSPS) is 21.5. The van der Waals surface area contributed by atoms with Gasteiger partial charge in [0.2, 0.25) is 0 Å². The molecule has 1 heterocycles. The molecule has 0 aromatic rings. The first-order chi connectivity index (χ1) is 25.8. The third-order valence-corrected chi connectivity index (χ3v) is 8.88. The highest BCUT2D eigenvalue weighted by Crippen LogP contribution is 2.22. The van der Waals surface area contributed by atoms with Gasteiger partial charge in [-0.2, -0.15) is 0 Å². The van der Waals surface area contributed by atoms with E-state index in [0.29, 0.717) is 12.8 Å². The second-order valence-electron chi connectivity index (χ2n) is 13.7. The van der Waals surface area contributed by atoms with E-state index in [-0.39, 0.29) is 26.1 Å². The second-order valence-corrected chi connectivity index (χ2v) is 13.7. The van der Waals surface area contributed by atoms with E-state index >= 15 is 0 Å². The predicted molar refractivity (Wildman–Crippen MR) is 210 cm³/mol. The van der Waals surface area contributed by atoms with Gasteiger partial charge in [-0.25, -0.2) is 0 Å². The molecule has 0 spiro atoms. The van der Waals surface area contributed by atoms with Gasteiger partial charge in [-0.3, -0.25) is 9.59 Å². The maximum absolute atomic E-state index is 12.7. The van der Waals surface area contributed by atoms with Crippen LogP contribution in [0, 0.1) is 0 Å². The summed E-state index contributed by atoms with van der Waals surface area (Å²) in [5, 5.41) is 39.9. The lowest BCUT2D eigenvalue weighted by molar-refractivity contribution is -0.305. The molecule has 1 rings (SSSR count). The predicted octanol–water partition coefficient (Wildman–Crippen LogP) is 7.88. The van der Waals surface area contributed by atoms with E-state index in [1.165, 1.54) is 32.1 Å². The van der Waals surface area contributed by atoms with Gasteiger partial charge < -0.3 is 39.4 Å². The Morgan fingerprint density at radius 2 is 1.09 bits per heavy atom. The average Bonchev–Trinajstić information content (AvgIpc) is 3.15. The molecule has 10 heteroatoms. The molecular weight excluding hydrogens is 676 g/mol. The van der Waals surface area contributed by atoms with E-state index in [0.717, 1.165) is 70.6 Å². The van der Waals surface area contributed by atoms with Crippen LogP contribution >= 0.6 is 0 Å². The van der Waals surface area contributed by atoms with Crippen LogP contribution in [0.2, 0.25) is 0 Å². The van der Waals surface area contributed by atoms with Crippen molar-refractivity contribution in [1.29, 1.82) is 0 Å². The average molecular weight is 749 g/mol. The molecule has 2 unspecified atom stereocenters. The summed E-state index contributed by atoms with van der Waals surface area (Å²) >= 11 is 0. The molecule has 304 valence electrons. The first-order valence-corrected chi connectivity index (χ1v) is 20.4. The zero-order valence-electron chi connectivity index (χ0n) is 32.7. The Bertz CT molecular complexity index is 1050. The number of carbonyl (C=O) groups is 2. The van der Waals surface area contributed by atoms with Crippen LogP contribution in [0.25, 0.3) is 0 Å². The Hall–Kier alpha value is -2.60. The number of hydrogen-bond donors (Lipinski definition) is 4. The van der Waals surface area contributed by atoms with Gasteiger partial charge in [0.25, 0.3) is 0 Å². The van der Waals surface area contributed by atoms with Crippen molar-refractivity contribution >= 4 is 11.9 Å². The Kier molecular flexibility index (Phi) is 31.0. The summed E-state index contributed by atoms with van der Waals surface area (Å²) in [6, 6.07) is 0. The van der Waals surface area contributed by atoms with Crippen LogP contribution in [0.5, 0.6) is 0 Å². The SMILES string of the molecule is CCCC/C=C/CCCCCCCC(=O)O[C@@H](COC(=O)CCC/C=C/C/C=C/C/C=C/C/C=C/CCCCC)CO[C@H]1O[C@@H](CO)[C@@H](O)C(O)C1O. The molecule has 1 fully saturated rings. The fraction of sp³-hybridized carbons (Fsp3) is 0.721. The van der Waals surface area contributed by atoms with Crippen LogP contribution in [0.1, 0.15) is 142 Å². The molecule has 0 amide bonds. The van der Waals surface area contributed by atoms with Gasteiger partial charge in [-0.15, -0.1) is 0 Å². The molecule has 0 aromatic carbocycles. The molecule has 0 bridgehead atoms. The van der Waals surface area contributed by atoms with Crippen LogP contribution in [-0.4, -0.2) is 89.0 Å². The number of rotatable bonds is 32. The lowest BCUT2D eigenvalue weighted by Crippen LogP contribution is -2.59. The molecule has 1 aliphatic heterocycles. The quantitative estimate of drug-likeness (QED) is 0.0304. The third kappa shape index (κ3) is 25.9. The third-order valence-electron chi connectivity index (χ3n) is 8.88. The van der Waals surface area contributed by atoms with Crippen LogP contribution < -0.4 is 0 Å². The summed E-state index contributed by atoms with van der Waals surface area (Å²) in [6.07, 6.45) is 32.4. The van der Waals surface area contributed by atoms with Gasteiger partial charge in [0.05, 0.1) is 13.2 Å². The molecule has 53 heavy (non-hydrogen) atoms. The Morgan fingerprint density at radius 1 is 0.585 bits per heavy atom. The van der Waals surface area contributed by atoms with Crippen molar-refractivity contribution in [2.24, 2.45) is 0 Å². The largest absolute Gasteiger partial charge is 0.462 e. The Labute approximate surface area is 320 Å². The zero-order valence-corrected chi connectivity index (χ0v) is 32.7. The molecule has 1 saturated heterocycles. The highest BCUT2D eigenvalue weighted by molar-refractivity contribution is 5.70. The lowest BCUT2D eigenvalue weighted by Gasteiger charge is -2.39. The number of carbonyl (C=O) groups excluding carboxylic acids is 2. The molecule has 0 saturated carbocycles. The fourth-order valence-electron chi connectivity index (χ4n) is 5.57. The topological polar surface area (TPSA) is 152 Å². The molecular formula is C43H72O10. The van der Waals surface area contributed by atoms with Gasteiger partial charge in [-0.05, 0) is 70.6 Å². The fourth-order valence-corrected chi connectivity index (χ4v) is 5.57. The molecule has 6 atom stereocenters. The molecule has 0 aromatic heterocycles. The summed E-state index contributed by atoms with van der Waals surface area (Å²) < 4.78 is 22.0. The molecule has 4 N–H and O–H groups in total. The number of allylic oxidation sites excluding steroid dienone is 10. The monoisotopic (exact) mass is 749 g/mol.